The summed E-state index contributed by atoms with van der Waals surface area (Å²) in [7, 11) is 0. The predicted octanol–water partition coefficient (Wildman–Crippen LogP) is -0.894. The van der Waals surface area contributed by atoms with Crippen LogP contribution >= 0.6 is 0 Å². The van der Waals surface area contributed by atoms with E-state index in [9.17, 15) is 0 Å². The van der Waals surface area contributed by atoms with Crippen LogP contribution in [-0.2, 0) is 28.1 Å². The molecule has 0 atom stereocenters. The molecule has 0 rings (SSSR count). The molecule has 5 heavy (non-hydrogen) atoms. The van der Waals surface area contributed by atoms with Crippen LogP contribution in [0.25, 0.3) is 0 Å². The third kappa shape index (κ3) is 91.4. The Morgan fingerprint density at radius 3 is 1.60 bits per heavy atom. The van der Waals surface area contributed by atoms with Gasteiger partial charge in [-0.1, -0.05) is 0 Å². The molecular weight excluding hydrogens is 139 g/mol. The third-order valence-corrected chi connectivity index (χ3v) is 0. The van der Waals surface area contributed by atoms with Gasteiger partial charge >= 0.3 is 18.2 Å². The summed E-state index contributed by atoms with van der Waals surface area (Å²) in [6, 6.07) is 0. The van der Waals surface area contributed by atoms with Gasteiger partial charge in [0.2, 0.25) is 0 Å². The van der Waals surface area contributed by atoms with Crippen molar-refractivity contribution >= 4 is 11.4 Å². The maximum atomic E-state index is 8.44. The molecule has 1 radical (unpaired) electrons. The number of hydrogen-bond donors (Lipinski definition) is 0. The van der Waals surface area contributed by atoms with Gasteiger partial charge in [-0.25, -0.2) is 0 Å². The average Bonchev–Trinajstić information content (AvgIpc) is 0.811. The van der Waals surface area contributed by atoms with E-state index in [-0.39, 0.29) is 18.2 Å². The molecule has 0 saturated carbocycles. The van der Waals surface area contributed by atoms with Crippen molar-refractivity contribution < 1.29 is 31.5 Å². The maximum Gasteiger partial charge on any atom is 2.00 e. The fourth-order valence-corrected chi connectivity index (χ4v) is 0. The van der Waals surface area contributed by atoms with Gasteiger partial charge in [-0.15, -0.1) is 11.4 Å². The second-order valence-electron chi connectivity index (χ2n) is 0.204. The van der Waals surface area contributed by atoms with E-state index in [4.69, 9.17) is 13.3 Å². The molecule has 0 aromatic carbocycles. The first-order valence-electron chi connectivity index (χ1n) is 0.500. The van der Waals surface area contributed by atoms with Crippen LogP contribution in [0.4, 0.5) is 0 Å². The Morgan fingerprint density at radius 2 is 1.60 bits per heavy atom. The largest absolute Gasteiger partial charge is 2.00 e. The summed E-state index contributed by atoms with van der Waals surface area (Å²) >= 11 is -3.11. The smallest absolute Gasteiger partial charge is 0.784 e. The van der Waals surface area contributed by atoms with Crippen molar-refractivity contribution in [2.24, 2.45) is 0 Å². The molecule has 0 fully saturated rings. The van der Waals surface area contributed by atoms with E-state index in [1.54, 1.807) is 0 Å². The summed E-state index contributed by atoms with van der Waals surface area (Å²) < 4.78 is 25.3. The minimum absolute atomic E-state index is 0. The maximum absolute atomic E-state index is 8.44. The summed E-state index contributed by atoms with van der Waals surface area (Å²) in [5.74, 6) is 0. The molecule has 0 aromatic rings. The van der Waals surface area contributed by atoms with Crippen molar-refractivity contribution in [2.75, 3.05) is 0 Å². The van der Waals surface area contributed by atoms with Crippen LogP contribution in [0.5, 0.6) is 0 Å². The Kier molecular flexibility index (Phi) is 8.36. The molecule has 0 unspecified atom stereocenters. The second kappa shape index (κ2) is 4.58. The molecule has 0 saturated heterocycles. The fraction of sp³-hybridized carbons (Fsp3) is 0. The topological polar surface area (TPSA) is 63.2 Å². The Bertz CT molecular complexity index is 33.8. The van der Waals surface area contributed by atoms with Gasteiger partial charge in [0.15, 0.2) is 0 Å². The van der Waals surface area contributed by atoms with Crippen molar-refractivity contribution in [1.82, 2.24) is 0 Å². The van der Waals surface area contributed by atoms with Crippen LogP contribution in [0.2, 0.25) is 0 Å². The first-order valence-corrected chi connectivity index (χ1v) is 1.50. The van der Waals surface area contributed by atoms with Crippen molar-refractivity contribution in [1.29, 1.82) is 0 Å². The molecule has 5 heteroatoms. The molecule has 3 nitrogen and oxygen atoms in total. The zero-order chi connectivity index (χ0) is 3.58. The van der Waals surface area contributed by atoms with Crippen LogP contribution in [-0.4, -0.2) is 13.3 Å². The SMILES string of the molecule is O=S([O-])[O-].[Co+2].[H+]. The monoisotopic (exact) mass is 140 g/mol. The van der Waals surface area contributed by atoms with E-state index in [0.717, 1.165) is 0 Å². The molecule has 0 amide bonds. The minimum Gasteiger partial charge on any atom is -0.784 e. The summed E-state index contributed by atoms with van der Waals surface area (Å²) in [6.45, 7) is 0. The summed E-state index contributed by atoms with van der Waals surface area (Å²) in [5, 5.41) is 0. The molecule has 0 aliphatic rings. The van der Waals surface area contributed by atoms with Crippen LogP contribution in [0.15, 0.2) is 0 Å². The quantitative estimate of drug-likeness (QED) is 0.410. The predicted molar refractivity (Wildman–Crippen MR) is 10.8 cm³/mol. The Morgan fingerprint density at radius 1 is 1.60 bits per heavy atom. The molecule has 0 spiro atoms. The third-order valence-electron chi connectivity index (χ3n) is 0. The van der Waals surface area contributed by atoms with Crippen LogP contribution in [0.3, 0.4) is 0 Å². The van der Waals surface area contributed by atoms with Gasteiger partial charge < -0.3 is 9.11 Å². The second-order valence-corrected chi connectivity index (χ2v) is 0.612. The molecule has 0 heterocycles. The molecular formula is HCoO3S+. The van der Waals surface area contributed by atoms with Gasteiger partial charge in [0.1, 0.15) is 0 Å². The molecule has 0 bridgehead atoms. The van der Waals surface area contributed by atoms with E-state index < -0.39 is 11.4 Å². The molecule has 0 aliphatic heterocycles. The van der Waals surface area contributed by atoms with E-state index in [2.05, 4.69) is 0 Å². The molecule has 0 aliphatic carbocycles. The summed E-state index contributed by atoms with van der Waals surface area (Å²) in [5.41, 5.74) is 0. The Hall–Kier alpha value is 0.576. The molecule has 0 aromatic heterocycles. The number of hydrogen-bond acceptors (Lipinski definition) is 3. The van der Waals surface area contributed by atoms with Crippen LogP contribution in [0, 0.1) is 0 Å². The van der Waals surface area contributed by atoms with Crippen molar-refractivity contribution in [3.8, 4) is 0 Å². The Labute approximate surface area is 43.6 Å². The van der Waals surface area contributed by atoms with E-state index in [0.29, 0.717) is 0 Å². The standard InChI is InChI=1S/Co.H2O3S/c;1-4(2)3/h;(H2,1,2,3)/q+2;/p-1. The van der Waals surface area contributed by atoms with Crippen molar-refractivity contribution in [3.63, 3.8) is 0 Å². The van der Waals surface area contributed by atoms with Gasteiger partial charge in [0.25, 0.3) is 0 Å². The first-order chi connectivity index (χ1) is 1.73. The Balaban J connectivity index is -0.0000000450. The van der Waals surface area contributed by atoms with E-state index >= 15 is 0 Å². The molecule has 33 valence electrons. The normalized spacial score (nSPS) is 7.00. The summed E-state index contributed by atoms with van der Waals surface area (Å²) in [4.78, 5) is 0. The minimum atomic E-state index is -3.11. The van der Waals surface area contributed by atoms with E-state index in [1.165, 1.54) is 0 Å². The van der Waals surface area contributed by atoms with Crippen molar-refractivity contribution in [3.05, 3.63) is 0 Å². The van der Waals surface area contributed by atoms with Crippen molar-refractivity contribution in [2.45, 2.75) is 0 Å². The zero-order valence-electron chi connectivity index (χ0n) is 2.97. The first kappa shape index (κ1) is 9.13. The molecule has 0 N–H and O–H groups in total. The average molecular weight is 140 g/mol. The van der Waals surface area contributed by atoms with E-state index in [1.807, 2.05) is 0 Å². The van der Waals surface area contributed by atoms with Gasteiger partial charge in [-0.2, -0.15) is 0 Å². The fourth-order valence-electron chi connectivity index (χ4n) is 0. The van der Waals surface area contributed by atoms with Gasteiger partial charge in [0, 0.05) is 0 Å². The van der Waals surface area contributed by atoms with Gasteiger partial charge in [-0.05, 0) is 0 Å². The zero-order valence-corrected chi connectivity index (χ0v) is 3.82. The van der Waals surface area contributed by atoms with Gasteiger partial charge in [0.05, 0.1) is 0 Å². The summed E-state index contributed by atoms with van der Waals surface area (Å²) in [6.07, 6.45) is 0. The van der Waals surface area contributed by atoms with Crippen LogP contribution in [0.1, 0.15) is 1.43 Å². The number of rotatable bonds is 0. The van der Waals surface area contributed by atoms with Crippen LogP contribution < -0.4 is 0 Å². The van der Waals surface area contributed by atoms with Gasteiger partial charge in [-0.3, -0.25) is 4.21 Å².